The number of amides is 1. The molecule has 1 amide bonds. The molecule has 7 heteroatoms. The third kappa shape index (κ3) is 3.87. The van der Waals surface area contributed by atoms with Gasteiger partial charge in [0.1, 0.15) is 5.82 Å². The van der Waals surface area contributed by atoms with Crippen LogP contribution in [0.25, 0.3) is 0 Å². The molecule has 0 bridgehead atoms. The Labute approximate surface area is 144 Å². The van der Waals surface area contributed by atoms with Crippen LogP contribution in [0.15, 0.2) is 23.4 Å². The second-order valence-corrected chi connectivity index (χ2v) is 7.03. The average molecular weight is 351 g/mol. The van der Waals surface area contributed by atoms with E-state index in [9.17, 15) is 4.79 Å². The normalized spacial score (nSPS) is 14.0. The van der Waals surface area contributed by atoms with Gasteiger partial charge in [-0.1, -0.05) is 23.4 Å². The molecule has 0 radical (unpaired) electrons. The fraction of sp³-hybridized carbons (Fsp3) is 0.438. The Kier molecular flexibility index (Phi) is 4.92. The van der Waals surface area contributed by atoms with E-state index in [2.05, 4.69) is 27.0 Å². The van der Waals surface area contributed by atoms with Crippen LogP contribution in [-0.4, -0.2) is 26.4 Å². The van der Waals surface area contributed by atoms with E-state index in [1.54, 1.807) is 6.07 Å². The van der Waals surface area contributed by atoms with Crippen LogP contribution in [-0.2, 0) is 11.3 Å². The van der Waals surface area contributed by atoms with Crippen LogP contribution in [0.1, 0.15) is 37.1 Å². The number of carbonyl (C=O) groups is 1. The van der Waals surface area contributed by atoms with Crippen molar-refractivity contribution in [1.29, 1.82) is 0 Å². The number of benzene rings is 1. The second kappa shape index (κ2) is 6.93. The Morgan fingerprint density at radius 1 is 1.43 bits per heavy atom. The van der Waals surface area contributed by atoms with Gasteiger partial charge in [-0.3, -0.25) is 4.79 Å². The van der Waals surface area contributed by atoms with E-state index < -0.39 is 0 Å². The van der Waals surface area contributed by atoms with Crippen molar-refractivity contribution < 1.29 is 4.79 Å². The van der Waals surface area contributed by atoms with Crippen molar-refractivity contribution >= 4 is 35.0 Å². The van der Waals surface area contributed by atoms with Gasteiger partial charge in [-0.25, -0.2) is 0 Å². The summed E-state index contributed by atoms with van der Waals surface area (Å²) in [5, 5.41) is 12.9. The van der Waals surface area contributed by atoms with E-state index in [0.717, 1.165) is 28.8 Å². The summed E-state index contributed by atoms with van der Waals surface area (Å²) < 4.78 is 2.11. The highest BCUT2D eigenvalue weighted by Gasteiger charge is 2.30. The molecule has 1 N–H and O–H groups in total. The van der Waals surface area contributed by atoms with E-state index in [1.165, 1.54) is 24.6 Å². The molecule has 1 saturated carbocycles. The lowest BCUT2D eigenvalue weighted by Gasteiger charge is -2.09. The second-order valence-electron chi connectivity index (χ2n) is 5.66. The van der Waals surface area contributed by atoms with Gasteiger partial charge in [0.05, 0.1) is 5.75 Å². The number of carbonyl (C=O) groups excluding carboxylic acids is 1. The number of hydrogen-bond acceptors (Lipinski definition) is 4. The minimum Gasteiger partial charge on any atom is -0.325 e. The van der Waals surface area contributed by atoms with E-state index in [1.807, 2.05) is 19.1 Å². The molecule has 0 spiro atoms. The van der Waals surface area contributed by atoms with Crippen molar-refractivity contribution in [1.82, 2.24) is 14.8 Å². The minimum absolute atomic E-state index is 0.0564. The molecule has 0 atom stereocenters. The Morgan fingerprint density at radius 2 is 2.22 bits per heavy atom. The smallest absolute Gasteiger partial charge is 0.234 e. The molecule has 23 heavy (non-hydrogen) atoms. The summed E-state index contributed by atoms with van der Waals surface area (Å²) in [6.45, 7) is 4.83. The number of thioether (sulfide) groups is 1. The molecule has 1 aliphatic carbocycles. The number of rotatable bonds is 6. The van der Waals surface area contributed by atoms with Gasteiger partial charge in [0, 0.05) is 23.2 Å². The number of anilines is 1. The van der Waals surface area contributed by atoms with Crippen molar-refractivity contribution in [3.63, 3.8) is 0 Å². The zero-order chi connectivity index (χ0) is 16.4. The Balaban J connectivity index is 1.60. The number of nitrogens with zero attached hydrogens (tertiary/aromatic N) is 3. The quantitative estimate of drug-likeness (QED) is 0.803. The molecule has 3 rings (SSSR count). The number of nitrogens with one attached hydrogen (secondary N) is 1. The van der Waals surface area contributed by atoms with E-state index >= 15 is 0 Å². The van der Waals surface area contributed by atoms with Crippen molar-refractivity contribution in [3.05, 3.63) is 34.6 Å². The average Bonchev–Trinajstić information content (AvgIpc) is 3.28. The molecule has 1 aromatic carbocycles. The van der Waals surface area contributed by atoms with E-state index in [4.69, 9.17) is 11.6 Å². The molecule has 2 aromatic rings. The standard InChI is InChI=1S/C16H19ClN4OS/c1-3-21-15(11-4-5-11)19-20-16(21)23-9-14(22)18-13-7-6-12(17)8-10(13)2/h6-8,11H,3-5,9H2,1-2H3,(H,18,22). The first-order valence-electron chi connectivity index (χ1n) is 7.70. The zero-order valence-electron chi connectivity index (χ0n) is 13.2. The Morgan fingerprint density at radius 3 is 2.87 bits per heavy atom. The lowest BCUT2D eigenvalue weighted by atomic mass is 10.2. The van der Waals surface area contributed by atoms with Gasteiger partial charge in [-0.15, -0.1) is 10.2 Å². The predicted molar refractivity (Wildman–Crippen MR) is 93.2 cm³/mol. The molecule has 1 aromatic heterocycles. The Hall–Kier alpha value is -1.53. The number of aromatic nitrogens is 3. The van der Waals surface area contributed by atoms with E-state index in [0.29, 0.717) is 16.7 Å². The maximum atomic E-state index is 12.2. The van der Waals surface area contributed by atoms with Crippen LogP contribution < -0.4 is 5.32 Å². The molecule has 1 aliphatic rings. The molecule has 1 heterocycles. The number of aryl methyl sites for hydroxylation is 1. The van der Waals surface area contributed by atoms with Gasteiger partial charge in [0.15, 0.2) is 5.16 Å². The van der Waals surface area contributed by atoms with E-state index in [-0.39, 0.29) is 5.91 Å². The van der Waals surface area contributed by atoms with Gasteiger partial charge in [0.25, 0.3) is 0 Å². The highest BCUT2D eigenvalue weighted by atomic mass is 35.5. The molecule has 5 nitrogen and oxygen atoms in total. The van der Waals surface area contributed by atoms with Gasteiger partial charge < -0.3 is 9.88 Å². The molecule has 122 valence electrons. The summed E-state index contributed by atoms with van der Waals surface area (Å²) >= 11 is 7.35. The lowest BCUT2D eigenvalue weighted by Crippen LogP contribution is -2.15. The summed E-state index contributed by atoms with van der Waals surface area (Å²) in [5.41, 5.74) is 1.74. The molecule has 0 saturated heterocycles. The van der Waals surface area contributed by atoms with Gasteiger partial charge in [0.2, 0.25) is 5.91 Å². The SMILES string of the molecule is CCn1c(SCC(=O)Nc2ccc(Cl)cc2C)nnc1C1CC1. The van der Waals surface area contributed by atoms with Gasteiger partial charge >= 0.3 is 0 Å². The summed E-state index contributed by atoms with van der Waals surface area (Å²) in [5.74, 6) is 1.87. The maximum absolute atomic E-state index is 12.2. The molecular formula is C16H19ClN4OS. The predicted octanol–water partition coefficient (Wildman–Crippen LogP) is 3.87. The monoisotopic (exact) mass is 350 g/mol. The van der Waals surface area contributed by atoms with Crippen molar-refractivity contribution in [2.45, 2.75) is 44.3 Å². The maximum Gasteiger partial charge on any atom is 0.234 e. The van der Waals surface area contributed by atoms with Crippen molar-refractivity contribution in [2.24, 2.45) is 0 Å². The third-order valence-electron chi connectivity index (χ3n) is 3.80. The van der Waals surface area contributed by atoms with Crippen LogP contribution in [0.2, 0.25) is 5.02 Å². The summed E-state index contributed by atoms with van der Waals surface area (Å²) in [7, 11) is 0. The highest BCUT2D eigenvalue weighted by molar-refractivity contribution is 7.99. The van der Waals surface area contributed by atoms with Crippen LogP contribution in [0, 0.1) is 6.92 Å². The summed E-state index contributed by atoms with van der Waals surface area (Å²) in [4.78, 5) is 12.2. The fourth-order valence-corrected chi connectivity index (χ4v) is 3.47. The summed E-state index contributed by atoms with van der Waals surface area (Å²) in [6, 6.07) is 5.42. The molecular weight excluding hydrogens is 332 g/mol. The number of hydrogen-bond donors (Lipinski definition) is 1. The first kappa shape index (κ1) is 16.3. The van der Waals surface area contributed by atoms with Gasteiger partial charge in [-0.05, 0) is 50.5 Å². The molecule has 0 aliphatic heterocycles. The van der Waals surface area contributed by atoms with Crippen LogP contribution >= 0.6 is 23.4 Å². The third-order valence-corrected chi connectivity index (χ3v) is 5.00. The number of halogens is 1. The van der Waals surface area contributed by atoms with Crippen molar-refractivity contribution in [3.8, 4) is 0 Å². The largest absolute Gasteiger partial charge is 0.325 e. The highest BCUT2D eigenvalue weighted by Crippen LogP contribution is 2.39. The molecule has 1 fully saturated rings. The van der Waals surface area contributed by atoms with Crippen LogP contribution in [0.3, 0.4) is 0 Å². The first-order valence-corrected chi connectivity index (χ1v) is 9.06. The van der Waals surface area contributed by atoms with Crippen molar-refractivity contribution in [2.75, 3.05) is 11.1 Å². The fourth-order valence-electron chi connectivity index (χ4n) is 2.43. The Bertz CT molecular complexity index is 727. The first-order chi connectivity index (χ1) is 11.1. The minimum atomic E-state index is -0.0564. The lowest BCUT2D eigenvalue weighted by molar-refractivity contribution is -0.113. The zero-order valence-corrected chi connectivity index (χ0v) is 14.7. The summed E-state index contributed by atoms with van der Waals surface area (Å²) in [6.07, 6.45) is 2.39. The van der Waals surface area contributed by atoms with Gasteiger partial charge in [-0.2, -0.15) is 0 Å². The van der Waals surface area contributed by atoms with Crippen LogP contribution in [0.4, 0.5) is 5.69 Å². The van der Waals surface area contributed by atoms with Crippen LogP contribution in [0.5, 0.6) is 0 Å². The molecule has 0 unspecified atom stereocenters. The topological polar surface area (TPSA) is 59.8 Å².